The molecule has 0 aliphatic heterocycles. The molecule has 0 saturated heterocycles. The van der Waals surface area contributed by atoms with Crippen LogP contribution in [0.4, 0.5) is 4.79 Å². The van der Waals surface area contributed by atoms with Crippen molar-refractivity contribution >= 4 is 25.6 Å². The molecule has 0 aromatic carbocycles. The van der Waals surface area contributed by atoms with Crippen LogP contribution in [0.2, 0.25) is 0 Å². The number of carboxylic acid groups (broad SMARTS) is 1. The van der Waals surface area contributed by atoms with Crippen molar-refractivity contribution < 1.29 is 24.5 Å². The zero-order valence-corrected chi connectivity index (χ0v) is 7.40. The molecule has 7 heteroatoms. The molecule has 0 aliphatic rings. The maximum atomic E-state index is 10.4. The first-order chi connectivity index (χ1) is 5.11. The summed E-state index contributed by atoms with van der Waals surface area (Å²) in [6.07, 6.45) is -0.883. The second-order valence-corrected chi connectivity index (χ2v) is 1.71. The number of methoxy groups -OCH3 is 1. The van der Waals surface area contributed by atoms with Crippen LogP contribution >= 0.6 is 13.5 Å². The Balaban J connectivity index is 0. The number of carbonyl (C=O) groups is 2. The number of aliphatic hydroxyl groups excluding tert-OH is 1. The van der Waals surface area contributed by atoms with Gasteiger partial charge in [-0.1, -0.05) is 0 Å². The Bertz CT molecular complexity index is 162. The van der Waals surface area contributed by atoms with Gasteiger partial charge in [0.25, 0.3) is 0 Å². The number of amides is 1. The van der Waals surface area contributed by atoms with Gasteiger partial charge in [0.2, 0.25) is 0 Å². The minimum absolute atomic E-state index is 0. The van der Waals surface area contributed by atoms with Crippen molar-refractivity contribution in [3.63, 3.8) is 0 Å². The van der Waals surface area contributed by atoms with E-state index in [4.69, 9.17) is 10.2 Å². The molecule has 6 nitrogen and oxygen atoms in total. The van der Waals surface area contributed by atoms with Crippen LogP contribution in [0.3, 0.4) is 0 Å². The number of carboxylic acids is 1. The number of rotatable bonds is 3. The number of nitrogens with one attached hydrogen (secondary N) is 1. The fourth-order valence-electron chi connectivity index (χ4n) is 0.387. The van der Waals surface area contributed by atoms with E-state index in [0.29, 0.717) is 0 Å². The fraction of sp³-hybridized carbons (Fsp3) is 0.600. The minimum Gasteiger partial charge on any atom is -0.480 e. The van der Waals surface area contributed by atoms with Gasteiger partial charge in [-0.3, -0.25) is 0 Å². The van der Waals surface area contributed by atoms with Gasteiger partial charge in [-0.05, 0) is 0 Å². The highest BCUT2D eigenvalue weighted by Gasteiger charge is 2.18. The van der Waals surface area contributed by atoms with Gasteiger partial charge in [0.15, 0.2) is 6.04 Å². The first-order valence-electron chi connectivity index (χ1n) is 2.80. The first kappa shape index (κ1) is 13.6. The zero-order chi connectivity index (χ0) is 8.85. The van der Waals surface area contributed by atoms with Crippen LogP contribution in [-0.4, -0.2) is 42.0 Å². The van der Waals surface area contributed by atoms with Crippen LogP contribution in [0.5, 0.6) is 0 Å². The van der Waals surface area contributed by atoms with Gasteiger partial charge in [-0.25, -0.2) is 9.59 Å². The Morgan fingerprint density at radius 1 is 1.58 bits per heavy atom. The largest absolute Gasteiger partial charge is 0.480 e. The third kappa shape index (κ3) is 4.80. The SMILES string of the molecule is COC(=O)N[C@@H](CO)C(=O)O.S. The van der Waals surface area contributed by atoms with Crippen molar-refractivity contribution in [2.24, 2.45) is 0 Å². The molecule has 0 unspecified atom stereocenters. The van der Waals surface area contributed by atoms with Gasteiger partial charge in [-0.15, -0.1) is 0 Å². The molecule has 0 aliphatic carbocycles. The Morgan fingerprint density at radius 3 is 2.33 bits per heavy atom. The highest BCUT2D eigenvalue weighted by molar-refractivity contribution is 7.59. The van der Waals surface area contributed by atoms with Crippen molar-refractivity contribution in [3.05, 3.63) is 0 Å². The van der Waals surface area contributed by atoms with Crippen molar-refractivity contribution in [1.29, 1.82) is 0 Å². The van der Waals surface area contributed by atoms with E-state index < -0.39 is 24.7 Å². The Hall–Kier alpha value is -0.950. The molecule has 0 aromatic heterocycles. The number of hydrogen-bond donors (Lipinski definition) is 3. The molecule has 12 heavy (non-hydrogen) atoms. The lowest BCUT2D eigenvalue weighted by Crippen LogP contribution is -2.43. The third-order valence-corrected chi connectivity index (χ3v) is 0.958. The van der Waals surface area contributed by atoms with Gasteiger partial charge in [0, 0.05) is 0 Å². The van der Waals surface area contributed by atoms with E-state index in [-0.39, 0.29) is 13.5 Å². The van der Waals surface area contributed by atoms with E-state index in [2.05, 4.69) is 4.74 Å². The van der Waals surface area contributed by atoms with Crippen LogP contribution in [0.25, 0.3) is 0 Å². The van der Waals surface area contributed by atoms with Crippen molar-refractivity contribution in [3.8, 4) is 0 Å². The fourth-order valence-corrected chi connectivity index (χ4v) is 0.387. The Labute approximate surface area is 76.0 Å². The van der Waals surface area contributed by atoms with E-state index in [1.54, 1.807) is 0 Å². The number of hydrogen-bond acceptors (Lipinski definition) is 4. The summed E-state index contributed by atoms with van der Waals surface area (Å²) in [7, 11) is 1.10. The van der Waals surface area contributed by atoms with Crippen molar-refractivity contribution in [2.45, 2.75) is 6.04 Å². The lowest BCUT2D eigenvalue weighted by atomic mass is 10.3. The van der Waals surface area contributed by atoms with Gasteiger partial charge in [-0.2, -0.15) is 13.5 Å². The molecule has 0 bridgehead atoms. The Morgan fingerprint density at radius 2 is 2.08 bits per heavy atom. The van der Waals surface area contributed by atoms with E-state index in [1.165, 1.54) is 0 Å². The summed E-state index contributed by atoms with van der Waals surface area (Å²) in [5.41, 5.74) is 0. The topological polar surface area (TPSA) is 95.9 Å². The summed E-state index contributed by atoms with van der Waals surface area (Å²) in [4.78, 5) is 20.5. The van der Waals surface area contributed by atoms with Gasteiger partial charge >= 0.3 is 12.1 Å². The van der Waals surface area contributed by atoms with Crippen LogP contribution < -0.4 is 5.32 Å². The van der Waals surface area contributed by atoms with E-state index in [9.17, 15) is 9.59 Å². The minimum atomic E-state index is -1.31. The Kier molecular flexibility index (Phi) is 7.66. The zero-order valence-electron chi connectivity index (χ0n) is 6.40. The molecule has 3 N–H and O–H groups in total. The summed E-state index contributed by atoms with van der Waals surface area (Å²) in [6.45, 7) is -0.662. The monoisotopic (exact) mass is 197 g/mol. The molecule has 1 amide bonds. The number of aliphatic hydroxyl groups is 1. The average Bonchev–Trinajstić information content (AvgIpc) is 1.99. The number of ether oxygens (including phenoxy) is 1. The molecule has 0 rings (SSSR count). The molecule has 0 spiro atoms. The molecule has 0 aromatic rings. The van der Waals surface area contributed by atoms with E-state index >= 15 is 0 Å². The van der Waals surface area contributed by atoms with Crippen molar-refractivity contribution in [2.75, 3.05) is 13.7 Å². The molecular weight excluding hydrogens is 186 g/mol. The second kappa shape index (κ2) is 6.74. The van der Waals surface area contributed by atoms with Crippen LogP contribution in [-0.2, 0) is 9.53 Å². The van der Waals surface area contributed by atoms with E-state index in [1.807, 2.05) is 5.32 Å². The van der Waals surface area contributed by atoms with Gasteiger partial charge in [0.1, 0.15) is 0 Å². The third-order valence-electron chi connectivity index (χ3n) is 0.958. The first-order valence-corrected chi connectivity index (χ1v) is 2.80. The molecular formula is C5H11NO5S. The predicted molar refractivity (Wildman–Crippen MR) is 44.4 cm³/mol. The van der Waals surface area contributed by atoms with Crippen LogP contribution in [0.1, 0.15) is 0 Å². The number of alkyl carbamates (subject to hydrolysis) is 1. The number of carbonyl (C=O) groups excluding carboxylic acids is 1. The van der Waals surface area contributed by atoms with Crippen LogP contribution in [0.15, 0.2) is 0 Å². The molecule has 0 fully saturated rings. The van der Waals surface area contributed by atoms with Gasteiger partial charge < -0.3 is 20.3 Å². The smallest absolute Gasteiger partial charge is 0.407 e. The van der Waals surface area contributed by atoms with Gasteiger partial charge in [0.05, 0.1) is 13.7 Å². The quantitative estimate of drug-likeness (QED) is 0.533. The summed E-state index contributed by atoms with van der Waals surface area (Å²) >= 11 is 0. The lowest BCUT2D eigenvalue weighted by molar-refractivity contribution is -0.140. The molecule has 0 heterocycles. The molecule has 1 atom stereocenters. The molecule has 0 saturated carbocycles. The average molecular weight is 197 g/mol. The predicted octanol–water partition coefficient (Wildman–Crippen LogP) is -1.10. The summed E-state index contributed by atoms with van der Waals surface area (Å²) < 4.78 is 4.11. The maximum Gasteiger partial charge on any atom is 0.407 e. The summed E-state index contributed by atoms with van der Waals surface area (Å²) in [6, 6.07) is -1.30. The van der Waals surface area contributed by atoms with E-state index in [0.717, 1.165) is 7.11 Å². The normalized spacial score (nSPS) is 10.8. The van der Waals surface area contributed by atoms with Crippen molar-refractivity contribution in [1.82, 2.24) is 5.32 Å². The number of aliphatic carboxylic acids is 1. The van der Waals surface area contributed by atoms with Crippen LogP contribution in [0, 0.1) is 0 Å². The lowest BCUT2D eigenvalue weighted by Gasteiger charge is -2.09. The summed E-state index contributed by atoms with van der Waals surface area (Å²) in [5, 5.41) is 18.6. The second-order valence-electron chi connectivity index (χ2n) is 1.71. The highest BCUT2D eigenvalue weighted by atomic mass is 32.1. The molecule has 72 valence electrons. The highest BCUT2D eigenvalue weighted by Crippen LogP contribution is 1.83. The summed E-state index contributed by atoms with van der Waals surface area (Å²) in [5.74, 6) is -1.31. The standard InChI is InChI=1S/C5H9NO5.H2S/c1-11-5(10)6-3(2-7)4(8)9;/h3,7H,2H2,1H3,(H,6,10)(H,8,9);1H2/t3-;/m0./s1. The molecule has 0 radical (unpaired) electrons. The maximum absolute atomic E-state index is 10.4.